The number of rotatable bonds is 0. The Hall–Kier alpha value is -1.35. The van der Waals surface area contributed by atoms with Gasteiger partial charge in [0.2, 0.25) is 5.91 Å². The van der Waals surface area contributed by atoms with Gasteiger partial charge in [0, 0.05) is 6.20 Å². The first-order chi connectivity index (χ1) is 6.20. The summed E-state index contributed by atoms with van der Waals surface area (Å²) in [7, 11) is 0. The fourth-order valence-corrected chi connectivity index (χ4v) is 1.08. The van der Waals surface area contributed by atoms with Crippen molar-refractivity contribution in [3.8, 4) is 0 Å². The molecule has 1 heterocycles. The first-order valence-electron chi connectivity index (χ1n) is 4.25. The fourth-order valence-electron chi connectivity index (χ4n) is 1.08. The molecule has 0 radical (unpaired) electrons. The van der Waals surface area contributed by atoms with E-state index in [-0.39, 0.29) is 5.91 Å². The van der Waals surface area contributed by atoms with Gasteiger partial charge in [-0.1, -0.05) is 23.8 Å². The Morgan fingerprint density at radius 3 is 3.00 bits per heavy atom. The maximum Gasteiger partial charge on any atom is 0.241 e. The lowest BCUT2D eigenvalue weighted by Crippen LogP contribution is -2.38. The highest BCUT2D eigenvalue weighted by Crippen LogP contribution is 2.04. The highest BCUT2D eigenvalue weighted by molar-refractivity contribution is 5.82. The highest BCUT2D eigenvalue weighted by Gasteiger charge is 2.11. The Balaban J connectivity index is 2.77. The molecular formula is C10H14N2O. The van der Waals surface area contributed by atoms with Crippen LogP contribution in [-0.4, -0.2) is 11.9 Å². The summed E-state index contributed by atoms with van der Waals surface area (Å²) >= 11 is 0. The summed E-state index contributed by atoms with van der Waals surface area (Å²) in [5, 5.41) is 2.60. The van der Waals surface area contributed by atoms with E-state index >= 15 is 0 Å². The summed E-state index contributed by atoms with van der Waals surface area (Å²) < 4.78 is 0. The number of hydrogen-bond acceptors (Lipinski definition) is 2. The summed E-state index contributed by atoms with van der Waals surface area (Å²) in [5.41, 5.74) is 6.75. The van der Waals surface area contributed by atoms with Crippen LogP contribution in [0.4, 0.5) is 0 Å². The lowest BCUT2D eigenvalue weighted by atomic mass is 10.1. The van der Waals surface area contributed by atoms with Crippen molar-refractivity contribution in [2.45, 2.75) is 19.4 Å². The molecule has 1 aliphatic heterocycles. The average Bonchev–Trinajstić information content (AvgIpc) is 2.09. The Morgan fingerprint density at radius 1 is 1.46 bits per heavy atom. The zero-order valence-electron chi connectivity index (χ0n) is 7.66. The first kappa shape index (κ1) is 9.74. The molecule has 1 rings (SSSR count). The van der Waals surface area contributed by atoms with E-state index in [2.05, 4.69) is 5.32 Å². The van der Waals surface area contributed by atoms with Crippen LogP contribution < -0.4 is 11.1 Å². The van der Waals surface area contributed by atoms with Gasteiger partial charge in [-0.2, -0.15) is 0 Å². The molecule has 0 aromatic heterocycles. The summed E-state index contributed by atoms with van der Waals surface area (Å²) in [5.74, 6) is -0.140. The minimum atomic E-state index is -0.451. The van der Waals surface area contributed by atoms with Gasteiger partial charge in [0.15, 0.2) is 0 Å². The highest BCUT2D eigenvalue weighted by atomic mass is 16.2. The molecule has 3 heteroatoms. The lowest BCUT2D eigenvalue weighted by Gasteiger charge is -2.10. The summed E-state index contributed by atoms with van der Waals surface area (Å²) in [6, 6.07) is -0.451. The second-order valence-corrected chi connectivity index (χ2v) is 3.08. The van der Waals surface area contributed by atoms with Gasteiger partial charge in [-0.05, 0) is 19.4 Å². The average molecular weight is 178 g/mol. The predicted molar refractivity (Wildman–Crippen MR) is 52.8 cm³/mol. The van der Waals surface area contributed by atoms with E-state index in [1.54, 1.807) is 12.3 Å². The lowest BCUT2D eigenvalue weighted by molar-refractivity contribution is -0.121. The number of nitrogens with one attached hydrogen (secondary N) is 1. The molecule has 0 spiro atoms. The second-order valence-electron chi connectivity index (χ2n) is 3.08. The molecule has 1 unspecified atom stereocenters. The van der Waals surface area contributed by atoms with Gasteiger partial charge in [-0.3, -0.25) is 4.79 Å². The van der Waals surface area contributed by atoms with Crippen LogP contribution in [0.5, 0.6) is 0 Å². The van der Waals surface area contributed by atoms with Crippen LogP contribution >= 0.6 is 0 Å². The Morgan fingerprint density at radius 2 is 2.23 bits per heavy atom. The quantitative estimate of drug-likeness (QED) is 0.577. The second kappa shape index (κ2) is 4.62. The van der Waals surface area contributed by atoms with Crippen LogP contribution in [0.2, 0.25) is 0 Å². The molecule has 3 nitrogen and oxygen atoms in total. The normalized spacial score (nSPS) is 32.6. The number of carbonyl (C=O) groups is 1. The molecule has 0 aromatic rings. The van der Waals surface area contributed by atoms with Gasteiger partial charge in [0.1, 0.15) is 0 Å². The summed E-state index contributed by atoms with van der Waals surface area (Å²) in [6.07, 6.45) is 9.70. The minimum absolute atomic E-state index is 0.140. The molecular weight excluding hydrogens is 164 g/mol. The first-order valence-corrected chi connectivity index (χ1v) is 4.25. The zero-order chi connectivity index (χ0) is 9.68. The van der Waals surface area contributed by atoms with E-state index < -0.39 is 6.04 Å². The monoisotopic (exact) mass is 178 g/mol. The van der Waals surface area contributed by atoms with Gasteiger partial charge < -0.3 is 11.1 Å². The van der Waals surface area contributed by atoms with Crippen LogP contribution in [0.25, 0.3) is 0 Å². The molecule has 70 valence electrons. The SMILES string of the molecule is C\C1=C/C=C\C=C\NC(=O)C(N)C1. The maximum atomic E-state index is 11.2. The van der Waals surface area contributed by atoms with Crippen molar-refractivity contribution in [2.24, 2.45) is 5.73 Å². The van der Waals surface area contributed by atoms with Crippen molar-refractivity contribution in [2.75, 3.05) is 0 Å². The fraction of sp³-hybridized carbons (Fsp3) is 0.300. The molecule has 1 aliphatic rings. The van der Waals surface area contributed by atoms with Crippen molar-refractivity contribution in [1.82, 2.24) is 5.32 Å². The van der Waals surface area contributed by atoms with Crippen molar-refractivity contribution in [3.05, 3.63) is 36.1 Å². The van der Waals surface area contributed by atoms with E-state index in [4.69, 9.17) is 5.73 Å². The minimum Gasteiger partial charge on any atom is -0.331 e. The van der Waals surface area contributed by atoms with Gasteiger partial charge in [-0.25, -0.2) is 0 Å². The van der Waals surface area contributed by atoms with Gasteiger partial charge in [-0.15, -0.1) is 0 Å². The molecule has 0 aliphatic carbocycles. The standard InChI is InChI=1S/C10H14N2O/c1-8-5-3-2-4-6-12-10(13)9(11)7-8/h2-6,9H,7,11H2,1H3,(H,12,13)/b3-2-,6-4+,8-5+. The molecule has 0 aromatic carbocycles. The van der Waals surface area contributed by atoms with E-state index in [0.29, 0.717) is 6.42 Å². The number of carbonyl (C=O) groups excluding carboxylic acids is 1. The van der Waals surface area contributed by atoms with Crippen molar-refractivity contribution >= 4 is 5.91 Å². The summed E-state index contributed by atoms with van der Waals surface area (Å²) in [4.78, 5) is 11.2. The molecule has 0 saturated carbocycles. The van der Waals surface area contributed by atoms with Crippen molar-refractivity contribution < 1.29 is 4.79 Å². The van der Waals surface area contributed by atoms with Crippen LogP contribution in [0.15, 0.2) is 36.1 Å². The largest absolute Gasteiger partial charge is 0.331 e. The number of allylic oxidation sites excluding steroid dienone is 4. The molecule has 0 fully saturated rings. The third kappa shape index (κ3) is 3.25. The topological polar surface area (TPSA) is 55.1 Å². The van der Waals surface area contributed by atoms with E-state index in [1.165, 1.54) is 0 Å². The molecule has 0 saturated heterocycles. The van der Waals surface area contributed by atoms with E-state index in [0.717, 1.165) is 5.57 Å². The van der Waals surface area contributed by atoms with Crippen molar-refractivity contribution in [1.29, 1.82) is 0 Å². The third-order valence-corrected chi connectivity index (χ3v) is 1.80. The Kier molecular flexibility index (Phi) is 3.46. The number of amides is 1. The zero-order valence-corrected chi connectivity index (χ0v) is 7.66. The van der Waals surface area contributed by atoms with Gasteiger partial charge in [0.05, 0.1) is 6.04 Å². The molecule has 1 amide bonds. The van der Waals surface area contributed by atoms with Crippen LogP contribution in [-0.2, 0) is 4.79 Å². The molecule has 1 atom stereocenters. The maximum absolute atomic E-state index is 11.2. The van der Waals surface area contributed by atoms with Gasteiger partial charge in [0.25, 0.3) is 0 Å². The predicted octanol–water partition coefficient (Wildman–Crippen LogP) is 0.850. The van der Waals surface area contributed by atoms with E-state index in [1.807, 2.05) is 25.2 Å². The number of nitrogens with two attached hydrogens (primary N) is 1. The van der Waals surface area contributed by atoms with Crippen LogP contribution in [0, 0.1) is 0 Å². The smallest absolute Gasteiger partial charge is 0.241 e. The molecule has 3 N–H and O–H groups in total. The summed E-state index contributed by atoms with van der Waals surface area (Å²) in [6.45, 7) is 1.96. The van der Waals surface area contributed by atoms with Crippen molar-refractivity contribution in [3.63, 3.8) is 0 Å². The Bertz CT molecular complexity index is 277. The number of hydrogen-bond donors (Lipinski definition) is 2. The van der Waals surface area contributed by atoms with Crippen LogP contribution in [0.1, 0.15) is 13.3 Å². The van der Waals surface area contributed by atoms with Gasteiger partial charge >= 0.3 is 0 Å². The van der Waals surface area contributed by atoms with E-state index in [9.17, 15) is 4.79 Å². The Labute approximate surface area is 78.0 Å². The molecule has 0 bridgehead atoms. The molecule has 13 heavy (non-hydrogen) atoms. The van der Waals surface area contributed by atoms with Crippen LogP contribution in [0.3, 0.4) is 0 Å². The third-order valence-electron chi connectivity index (χ3n) is 1.80.